The number of hydrogen-bond acceptors (Lipinski definition) is 3. The fourth-order valence-electron chi connectivity index (χ4n) is 2.06. The molecule has 5 nitrogen and oxygen atoms in total. The molecule has 1 unspecified atom stereocenters. The first kappa shape index (κ1) is 24.3. The molecule has 0 aliphatic heterocycles. The fraction of sp³-hybridized carbons (Fsp3) is 1.00. The molecule has 22 heavy (non-hydrogen) atoms. The van der Waals surface area contributed by atoms with Crippen LogP contribution in [0.4, 0.5) is 0 Å². The average Bonchev–Trinajstić information content (AvgIpc) is 2.44. The van der Waals surface area contributed by atoms with Crippen molar-refractivity contribution in [2.24, 2.45) is 0 Å². The Morgan fingerprint density at radius 3 is 1.50 bits per heavy atom. The van der Waals surface area contributed by atoms with E-state index in [1.165, 1.54) is 0 Å². The van der Waals surface area contributed by atoms with Crippen LogP contribution in [-0.2, 0) is 13.6 Å². The van der Waals surface area contributed by atoms with Crippen LogP contribution in [0.2, 0.25) is 0 Å². The summed E-state index contributed by atoms with van der Waals surface area (Å²) in [6.07, 6.45) is 0. The van der Waals surface area contributed by atoms with Crippen molar-refractivity contribution in [3.8, 4) is 0 Å². The highest BCUT2D eigenvalue weighted by atomic mass is 31.2. The zero-order chi connectivity index (χ0) is 17.9. The Hall–Kier alpha value is 0.0700. The first-order valence-corrected chi connectivity index (χ1v) is 10.6. The van der Waals surface area contributed by atoms with Crippen LogP contribution in [0.15, 0.2) is 0 Å². The van der Waals surface area contributed by atoms with Crippen LogP contribution in [0.1, 0.15) is 34.6 Å². The molecule has 0 heterocycles. The third kappa shape index (κ3) is 11.6. The highest BCUT2D eigenvalue weighted by Gasteiger charge is 2.24. The van der Waals surface area contributed by atoms with Crippen LogP contribution < -0.4 is 0 Å². The molecule has 0 aliphatic rings. The van der Waals surface area contributed by atoms with Gasteiger partial charge in [0.1, 0.15) is 26.3 Å². The minimum absolute atomic E-state index is 0.465. The van der Waals surface area contributed by atoms with Gasteiger partial charge in [-0.05, 0) is 20.8 Å². The standard InChI is InChI=1S/C14H35N2O3P.C2H6/c1-8-16(9-2,10-3)12-14-19-20(7,17)18-13-11-15(4,5)6;1-2/h8-14H2,1-7H3;1-2H3/q+2;. The zero-order valence-corrected chi connectivity index (χ0v) is 17.4. The van der Waals surface area contributed by atoms with Crippen LogP contribution >= 0.6 is 7.60 Å². The van der Waals surface area contributed by atoms with E-state index in [1.807, 2.05) is 13.8 Å². The highest BCUT2D eigenvalue weighted by Crippen LogP contribution is 2.43. The largest absolute Gasteiger partial charge is 0.329 e. The van der Waals surface area contributed by atoms with E-state index in [4.69, 9.17) is 9.05 Å². The van der Waals surface area contributed by atoms with E-state index < -0.39 is 7.60 Å². The smallest absolute Gasteiger partial charge is 0.328 e. The van der Waals surface area contributed by atoms with E-state index in [0.717, 1.165) is 41.7 Å². The Morgan fingerprint density at radius 2 is 1.18 bits per heavy atom. The average molecular weight is 340 g/mol. The third-order valence-corrected chi connectivity index (χ3v) is 5.29. The number of nitrogens with zero attached hydrogens (tertiary/aromatic N) is 2. The van der Waals surface area contributed by atoms with Crippen molar-refractivity contribution in [1.82, 2.24) is 0 Å². The second-order valence-corrected chi connectivity index (χ2v) is 8.52. The van der Waals surface area contributed by atoms with Crippen molar-refractivity contribution < 1.29 is 22.6 Å². The van der Waals surface area contributed by atoms with E-state index in [9.17, 15) is 4.57 Å². The van der Waals surface area contributed by atoms with E-state index >= 15 is 0 Å². The summed E-state index contributed by atoms with van der Waals surface area (Å²) in [6, 6.07) is 0. The number of rotatable bonds is 11. The lowest BCUT2D eigenvalue weighted by molar-refractivity contribution is -0.923. The molecule has 6 heteroatoms. The van der Waals surface area contributed by atoms with Gasteiger partial charge in [-0.2, -0.15) is 0 Å². The van der Waals surface area contributed by atoms with Gasteiger partial charge in [0.15, 0.2) is 0 Å². The second kappa shape index (κ2) is 11.6. The van der Waals surface area contributed by atoms with Crippen molar-refractivity contribution in [2.45, 2.75) is 34.6 Å². The second-order valence-electron chi connectivity index (χ2n) is 6.47. The van der Waals surface area contributed by atoms with Crippen LogP contribution in [0.5, 0.6) is 0 Å². The molecule has 0 aromatic heterocycles. The first-order chi connectivity index (χ1) is 10.1. The summed E-state index contributed by atoms with van der Waals surface area (Å²) in [5.74, 6) is 0. The van der Waals surface area contributed by atoms with E-state index in [-0.39, 0.29) is 0 Å². The third-order valence-electron chi connectivity index (χ3n) is 3.99. The molecule has 0 bridgehead atoms. The molecule has 0 fully saturated rings. The maximum atomic E-state index is 12.2. The van der Waals surface area contributed by atoms with Crippen molar-refractivity contribution in [1.29, 1.82) is 0 Å². The summed E-state index contributed by atoms with van der Waals surface area (Å²) >= 11 is 0. The zero-order valence-electron chi connectivity index (χ0n) is 16.5. The quantitative estimate of drug-likeness (QED) is 0.427. The van der Waals surface area contributed by atoms with E-state index in [1.54, 1.807) is 6.66 Å². The van der Waals surface area contributed by atoms with Crippen molar-refractivity contribution in [3.05, 3.63) is 0 Å². The molecule has 0 spiro atoms. The minimum atomic E-state index is -2.92. The normalized spacial score (nSPS) is 15.0. The van der Waals surface area contributed by atoms with Crippen LogP contribution in [-0.4, -0.2) is 82.7 Å². The minimum Gasteiger partial charge on any atom is -0.329 e. The Morgan fingerprint density at radius 1 is 0.818 bits per heavy atom. The lowest BCUT2D eigenvalue weighted by Gasteiger charge is -2.35. The molecule has 0 saturated carbocycles. The Kier molecular flexibility index (Phi) is 12.8. The first-order valence-electron chi connectivity index (χ1n) is 8.62. The van der Waals surface area contributed by atoms with Gasteiger partial charge >= 0.3 is 7.60 Å². The summed E-state index contributed by atoms with van der Waals surface area (Å²) in [5.41, 5.74) is 0. The van der Waals surface area contributed by atoms with Crippen molar-refractivity contribution in [3.63, 3.8) is 0 Å². The van der Waals surface area contributed by atoms with Crippen LogP contribution in [0.3, 0.4) is 0 Å². The van der Waals surface area contributed by atoms with Gasteiger partial charge in [0.2, 0.25) is 0 Å². The van der Waals surface area contributed by atoms with Gasteiger partial charge in [-0.15, -0.1) is 0 Å². The topological polar surface area (TPSA) is 35.5 Å². The van der Waals surface area contributed by atoms with Gasteiger partial charge in [-0.25, -0.2) is 0 Å². The van der Waals surface area contributed by atoms with Gasteiger partial charge in [0, 0.05) is 6.66 Å². The lowest BCUT2D eigenvalue weighted by atomic mass is 10.3. The molecule has 1 atom stereocenters. The number of hydrogen-bond donors (Lipinski definition) is 0. The SMILES string of the molecule is CC.CC[N+](CC)(CC)CCOP(C)(=O)OCC[N+](C)(C)C. The molecular weight excluding hydrogens is 299 g/mol. The Labute approximate surface area is 139 Å². The fourth-order valence-corrected chi connectivity index (χ4v) is 2.96. The molecule has 0 saturated heterocycles. The number of likely N-dealkylation sites (N-methyl/N-ethyl adjacent to an activating group) is 2. The summed E-state index contributed by atoms with van der Waals surface area (Å²) in [4.78, 5) is 0. The predicted molar refractivity (Wildman–Crippen MR) is 96.4 cm³/mol. The maximum absolute atomic E-state index is 12.2. The molecular formula is C16H41N2O3P+2. The van der Waals surface area contributed by atoms with E-state index in [2.05, 4.69) is 41.9 Å². The summed E-state index contributed by atoms with van der Waals surface area (Å²) in [6.45, 7) is 18.0. The highest BCUT2D eigenvalue weighted by molar-refractivity contribution is 7.52. The molecule has 0 aromatic carbocycles. The van der Waals surface area contributed by atoms with Crippen LogP contribution in [0.25, 0.3) is 0 Å². The van der Waals surface area contributed by atoms with E-state index in [0.29, 0.717) is 13.2 Å². The molecule has 0 aromatic rings. The lowest BCUT2D eigenvalue weighted by Crippen LogP contribution is -2.49. The Balaban J connectivity index is 0. The monoisotopic (exact) mass is 340 g/mol. The molecule has 0 rings (SSSR count). The van der Waals surface area contributed by atoms with Gasteiger partial charge in [0.25, 0.3) is 0 Å². The van der Waals surface area contributed by atoms with Gasteiger partial charge in [0.05, 0.1) is 40.8 Å². The molecule has 0 radical (unpaired) electrons. The molecule has 0 aliphatic carbocycles. The van der Waals surface area contributed by atoms with Gasteiger partial charge in [-0.3, -0.25) is 4.57 Å². The Bertz CT molecular complexity index is 305. The molecule has 0 N–H and O–H groups in total. The van der Waals surface area contributed by atoms with Crippen molar-refractivity contribution in [2.75, 3.05) is 73.7 Å². The van der Waals surface area contributed by atoms with Crippen molar-refractivity contribution >= 4 is 7.60 Å². The number of quaternary nitrogens is 2. The molecule has 0 amide bonds. The summed E-state index contributed by atoms with van der Waals surface area (Å²) < 4.78 is 24.9. The maximum Gasteiger partial charge on any atom is 0.328 e. The molecule has 136 valence electrons. The summed E-state index contributed by atoms with van der Waals surface area (Å²) in [7, 11) is 3.34. The van der Waals surface area contributed by atoms with Gasteiger partial charge < -0.3 is 18.0 Å². The van der Waals surface area contributed by atoms with Gasteiger partial charge in [-0.1, -0.05) is 13.8 Å². The summed E-state index contributed by atoms with van der Waals surface area (Å²) in [5, 5.41) is 0. The predicted octanol–water partition coefficient (Wildman–Crippen LogP) is 3.45. The van der Waals surface area contributed by atoms with Crippen LogP contribution in [0, 0.1) is 0 Å².